The van der Waals surface area contributed by atoms with Crippen LogP contribution in [0.5, 0.6) is 0 Å². The summed E-state index contributed by atoms with van der Waals surface area (Å²) in [6, 6.07) is 10.2. The molecule has 0 bridgehead atoms. The average molecular weight is 271 g/mol. The molecule has 15 heavy (non-hydrogen) atoms. The lowest BCUT2D eigenvalue weighted by molar-refractivity contribution is -0.145. The van der Waals surface area contributed by atoms with Crippen LogP contribution in [0.2, 0.25) is 0 Å². The molecule has 1 atom stereocenters. The van der Waals surface area contributed by atoms with Gasteiger partial charge in [-0.2, -0.15) is 0 Å². The molecule has 3 heteroatoms. The summed E-state index contributed by atoms with van der Waals surface area (Å²) in [5.74, 6) is -0.199. The summed E-state index contributed by atoms with van der Waals surface area (Å²) in [7, 11) is 0. The van der Waals surface area contributed by atoms with E-state index in [1.807, 2.05) is 25.1 Å². The average Bonchev–Trinajstić information content (AvgIpc) is 2.27. The van der Waals surface area contributed by atoms with Gasteiger partial charge in [0.2, 0.25) is 0 Å². The van der Waals surface area contributed by atoms with Crippen LogP contribution < -0.4 is 0 Å². The number of halogens is 1. The predicted octanol–water partition coefficient (Wildman–Crippen LogP) is 2.95. The lowest BCUT2D eigenvalue weighted by Gasteiger charge is -2.11. The molecule has 0 heterocycles. The third-order valence-corrected chi connectivity index (χ3v) is 2.58. The molecule has 0 saturated heterocycles. The second kappa shape index (κ2) is 6.62. The fraction of sp³-hybridized carbons (Fsp3) is 0.417. The monoisotopic (exact) mass is 270 g/mol. The second-order valence-electron chi connectivity index (χ2n) is 3.46. The maximum absolute atomic E-state index is 11.0. The Morgan fingerprint density at radius 1 is 1.40 bits per heavy atom. The minimum Gasteiger partial charge on any atom is -0.462 e. The molecule has 0 saturated carbocycles. The molecule has 1 aromatic carbocycles. The third kappa shape index (κ3) is 4.98. The van der Waals surface area contributed by atoms with Crippen LogP contribution in [0.3, 0.4) is 0 Å². The Bertz CT molecular complexity index is 298. The van der Waals surface area contributed by atoms with Gasteiger partial charge in [-0.25, -0.2) is 0 Å². The van der Waals surface area contributed by atoms with E-state index in [0.717, 1.165) is 12.8 Å². The van der Waals surface area contributed by atoms with Crippen LogP contribution in [0.1, 0.15) is 18.9 Å². The van der Waals surface area contributed by atoms with Crippen molar-refractivity contribution in [1.82, 2.24) is 0 Å². The third-order valence-electron chi connectivity index (χ3n) is 2.12. The first-order valence-electron chi connectivity index (χ1n) is 5.01. The Kier molecular flexibility index (Phi) is 5.40. The van der Waals surface area contributed by atoms with Crippen LogP contribution in [0.25, 0.3) is 0 Å². The van der Waals surface area contributed by atoms with Gasteiger partial charge in [-0.15, -0.1) is 0 Å². The Labute approximate surface area is 98.8 Å². The van der Waals surface area contributed by atoms with Gasteiger partial charge in [0.15, 0.2) is 0 Å². The first-order chi connectivity index (χ1) is 7.22. The van der Waals surface area contributed by atoms with Crippen LogP contribution in [-0.4, -0.2) is 17.4 Å². The quantitative estimate of drug-likeness (QED) is 0.608. The number of rotatable bonds is 5. The number of alkyl halides is 1. The molecule has 0 amide bonds. The highest BCUT2D eigenvalue weighted by molar-refractivity contribution is 9.09. The number of ether oxygens (including phenoxy) is 1. The Morgan fingerprint density at radius 3 is 2.67 bits per heavy atom. The molecule has 1 unspecified atom stereocenters. The van der Waals surface area contributed by atoms with Crippen molar-refractivity contribution in [3.8, 4) is 0 Å². The molecule has 0 aromatic heterocycles. The number of hydrogen-bond donors (Lipinski definition) is 0. The number of hydrogen-bond acceptors (Lipinski definition) is 2. The van der Waals surface area contributed by atoms with E-state index in [1.165, 1.54) is 5.56 Å². The minimum absolute atomic E-state index is 0.0183. The van der Waals surface area contributed by atoms with Gasteiger partial charge >= 0.3 is 5.97 Å². The summed E-state index contributed by atoms with van der Waals surface area (Å²) >= 11 is 3.06. The summed E-state index contributed by atoms with van der Waals surface area (Å²) in [5, 5.41) is 0.267. The number of esters is 1. The minimum atomic E-state index is -0.199. The summed E-state index contributed by atoms with van der Waals surface area (Å²) in [6.45, 7) is 1.92. The fourth-order valence-electron chi connectivity index (χ4n) is 1.33. The first kappa shape index (κ1) is 12.2. The van der Waals surface area contributed by atoms with E-state index in [4.69, 9.17) is 4.74 Å². The lowest BCUT2D eigenvalue weighted by Crippen LogP contribution is -2.16. The standard InChI is InChI=1S/C12H15BrO2/c1-10(15-12(14)9-13)7-8-11-5-3-2-4-6-11/h2-6,10H,7-9H2,1H3. The highest BCUT2D eigenvalue weighted by Gasteiger charge is 2.07. The van der Waals surface area contributed by atoms with Crippen molar-refractivity contribution in [2.45, 2.75) is 25.9 Å². The van der Waals surface area contributed by atoms with E-state index >= 15 is 0 Å². The number of benzene rings is 1. The molecule has 1 rings (SSSR count). The van der Waals surface area contributed by atoms with Gasteiger partial charge in [0, 0.05) is 0 Å². The molecular weight excluding hydrogens is 256 g/mol. The van der Waals surface area contributed by atoms with Crippen LogP contribution in [-0.2, 0) is 16.0 Å². The van der Waals surface area contributed by atoms with E-state index in [-0.39, 0.29) is 17.4 Å². The maximum atomic E-state index is 11.0. The van der Waals surface area contributed by atoms with Crippen LogP contribution in [0.4, 0.5) is 0 Å². The second-order valence-corrected chi connectivity index (χ2v) is 4.02. The summed E-state index contributed by atoms with van der Waals surface area (Å²) in [5.41, 5.74) is 1.28. The van der Waals surface area contributed by atoms with Crippen molar-refractivity contribution in [2.24, 2.45) is 0 Å². The van der Waals surface area contributed by atoms with E-state index in [1.54, 1.807) is 0 Å². The summed E-state index contributed by atoms with van der Waals surface area (Å²) in [6.07, 6.45) is 1.79. The normalized spacial score (nSPS) is 12.1. The molecule has 2 nitrogen and oxygen atoms in total. The zero-order valence-electron chi connectivity index (χ0n) is 8.78. The highest BCUT2D eigenvalue weighted by atomic mass is 79.9. The molecule has 0 fully saturated rings. The molecule has 0 aliphatic carbocycles. The molecule has 1 aromatic rings. The molecule has 0 spiro atoms. The van der Waals surface area contributed by atoms with Gasteiger partial charge < -0.3 is 4.74 Å². The largest absolute Gasteiger partial charge is 0.462 e. The van der Waals surface area contributed by atoms with Gasteiger partial charge in [-0.1, -0.05) is 46.3 Å². The zero-order valence-corrected chi connectivity index (χ0v) is 10.4. The molecule has 0 N–H and O–H groups in total. The fourth-order valence-corrected chi connectivity index (χ4v) is 1.46. The van der Waals surface area contributed by atoms with Crippen molar-refractivity contribution in [3.05, 3.63) is 35.9 Å². The van der Waals surface area contributed by atoms with Crippen molar-refractivity contribution in [3.63, 3.8) is 0 Å². The molecule has 0 aliphatic heterocycles. The van der Waals surface area contributed by atoms with E-state index in [2.05, 4.69) is 28.1 Å². The highest BCUT2D eigenvalue weighted by Crippen LogP contribution is 2.07. The lowest BCUT2D eigenvalue weighted by atomic mass is 10.1. The van der Waals surface area contributed by atoms with Gasteiger partial charge in [-0.05, 0) is 25.3 Å². The first-order valence-corrected chi connectivity index (χ1v) is 6.14. The van der Waals surface area contributed by atoms with Crippen LogP contribution in [0.15, 0.2) is 30.3 Å². The van der Waals surface area contributed by atoms with Gasteiger partial charge in [-0.3, -0.25) is 4.79 Å². The predicted molar refractivity (Wildman–Crippen MR) is 64.1 cm³/mol. The Morgan fingerprint density at radius 2 is 2.07 bits per heavy atom. The SMILES string of the molecule is CC(CCc1ccccc1)OC(=O)CBr. The van der Waals surface area contributed by atoms with Gasteiger partial charge in [0.05, 0.1) is 6.10 Å². The van der Waals surface area contributed by atoms with Crippen molar-refractivity contribution >= 4 is 21.9 Å². The van der Waals surface area contributed by atoms with Gasteiger partial charge in [0.1, 0.15) is 5.33 Å². The Balaban J connectivity index is 2.28. The number of aryl methyl sites for hydroxylation is 1. The smallest absolute Gasteiger partial charge is 0.316 e. The maximum Gasteiger partial charge on any atom is 0.316 e. The van der Waals surface area contributed by atoms with E-state index in [0.29, 0.717) is 0 Å². The van der Waals surface area contributed by atoms with Crippen molar-refractivity contribution in [1.29, 1.82) is 0 Å². The van der Waals surface area contributed by atoms with Crippen molar-refractivity contribution in [2.75, 3.05) is 5.33 Å². The number of carbonyl (C=O) groups excluding carboxylic acids is 1. The zero-order chi connectivity index (χ0) is 11.1. The number of carbonyl (C=O) groups is 1. The van der Waals surface area contributed by atoms with Crippen LogP contribution >= 0.6 is 15.9 Å². The summed E-state index contributed by atoms with van der Waals surface area (Å²) in [4.78, 5) is 11.0. The topological polar surface area (TPSA) is 26.3 Å². The van der Waals surface area contributed by atoms with Crippen molar-refractivity contribution < 1.29 is 9.53 Å². The molecular formula is C12H15BrO2. The van der Waals surface area contributed by atoms with Crippen LogP contribution in [0, 0.1) is 0 Å². The summed E-state index contributed by atoms with van der Waals surface area (Å²) < 4.78 is 5.14. The van der Waals surface area contributed by atoms with E-state index in [9.17, 15) is 4.79 Å². The molecule has 82 valence electrons. The molecule has 0 aliphatic rings. The Hall–Kier alpha value is -0.830. The van der Waals surface area contributed by atoms with E-state index < -0.39 is 0 Å². The molecule has 0 radical (unpaired) electrons. The van der Waals surface area contributed by atoms with Gasteiger partial charge in [0.25, 0.3) is 0 Å².